The number of benzene rings is 1. The maximum Gasteiger partial charge on any atom is 0.328 e. The zero-order chi connectivity index (χ0) is 19.8. The minimum Gasteiger partial charge on any atom is -0.464 e. The van der Waals surface area contributed by atoms with Gasteiger partial charge in [0.25, 0.3) is 5.56 Å². The van der Waals surface area contributed by atoms with Crippen LogP contribution in [0.25, 0.3) is 22.2 Å². The number of aromatic amines is 1. The molecule has 3 heterocycles. The Morgan fingerprint density at radius 2 is 2.04 bits per heavy atom. The lowest BCUT2D eigenvalue weighted by Crippen LogP contribution is -2.32. The van der Waals surface area contributed by atoms with Crippen LogP contribution in [-0.2, 0) is 13.5 Å². The first-order chi connectivity index (χ1) is 13.5. The standard InChI is InChI=1S/C21H19N3O4/c1-4-14-18(24(3)21(26)23-19(14)25)15-6-5-13(11-12(15)2)28-20-16-8-10-27-17(16)7-9-22-20/h5-11H,4H2,1-3H3,(H,23,25,26). The molecule has 0 aliphatic carbocycles. The lowest BCUT2D eigenvalue weighted by molar-refractivity contribution is 0.468. The number of nitrogens with one attached hydrogen (secondary N) is 1. The summed E-state index contributed by atoms with van der Waals surface area (Å²) in [6.07, 6.45) is 3.73. The van der Waals surface area contributed by atoms with Crippen LogP contribution in [0.5, 0.6) is 11.6 Å². The SMILES string of the molecule is CCc1c(-c2ccc(Oc3nccc4occc34)cc2C)n(C)c(=O)[nH]c1=O. The maximum atomic E-state index is 12.2. The van der Waals surface area contributed by atoms with Crippen molar-refractivity contribution in [3.05, 3.63) is 74.8 Å². The Hall–Kier alpha value is -3.61. The van der Waals surface area contributed by atoms with Gasteiger partial charge >= 0.3 is 5.69 Å². The summed E-state index contributed by atoms with van der Waals surface area (Å²) >= 11 is 0. The quantitative estimate of drug-likeness (QED) is 0.587. The molecule has 0 aliphatic rings. The maximum absolute atomic E-state index is 12.2. The van der Waals surface area contributed by atoms with Crippen molar-refractivity contribution in [3.63, 3.8) is 0 Å². The van der Waals surface area contributed by atoms with Crippen molar-refractivity contribution in [3.8, 4) is 22.9 Å². The number of aryl methyl sites for hydroxylation is 1. The van der Waals surface area contributed by atoms with E-state index in [1.165, 1.54) is 4.57 Å². The largest absolute Gasteiger partial charge is 0.464 e. The molecule has 0 saturated heterocycles. The van der Waals surface area contributed by atoms with E-state index in [1.807, 2.05) is 26.0 Å². The normalized spacial score (nSPS) is 11.1. The van der Waals surface area contributed by atoms with Gasteiger partial charge < -0.3 is 9.15 Å². The van der Waals surface area contributed by atoms with Crippen LogP contribution in [0.15, 0.2) is 56.8 Å². The smallest absolute Gasteiger partial charge is 0.328 e. The first kappa shape index (κ1) is 17.8. The van der Waals surface area contributed by atoms with Crippen LogP contribution in [-0.4, -0.2) is 14.5 Å². The number of hydrogen-bond acceptors (Lipinski definition) is 5. The van der Waals surface area contributed by atoms with E-state index in [4.69, 9.17) is 9.15 Å². The van der Waals surface area contributed by atoms with Gasteiger partial charge in [-0.3, -0.25) is 14.3 Å². The van der Waals surface area contributed by atoms with Crippen molar-refractivity contribution in [2.24, 2.45) is 7.05 Å². The first-order valence-electron chi connectivity index (χ1n) is 8.93. The summed E-state index contributed by atoms with van der Waals surface area (Å²) in [5, 5.41) is 0.787. The molecular weight excluding hydrogens is 358 g/mol. The molecule has 0 unspecified atom stereocenters. The second-order valence-corrected chi connectivity index (χ2v) is 6.53. The Bertz CT molecular complexity index is 1300. The fourth-order valence-electron chi connectivity index (χ4n) is 3.37. The number of hydrogen-bond donors (Lipinski definition) is 1. The van der Waals surface area contributed by atoms with Crippen molar-refractivity contribution in [2.75, 3.05) is 0 Å². The van der Waals surface area contributed by atoms with Gasteiger partial charge in [-0.15, -0.1) is 0 Å². The number of rotatable bonds is 4. The van der Waals surface area contributed by atoms with Crippen molar-refractivity contribution in [1.29, 1.82) is 0 Å². The zero-order valence-corrected chi connectivity index (χ0v) is 15.8. The highest BCUT2D eigenvalue weighted by atomic mass is 16.5. The third-order valence-electron chi connectivity index (χ3n) is 4.78. The number of ether oxygens (including phenoxy) is 1. The molecule has 0 aliphatic heterocycles. The van der Waals surface area contributed by atoms with E-state index in [-0.39, 0.29) is 5.56 Å². The lowest BCUT2D eigenvalue weighted by Gasteiger charge is -2.15. The van der Waals surface area contributed by atoms with Crippen molar-refractivity contribution >= 4 is 11.0 Å². The molecule has 0 bridgehead atoms. The minimum absolute atomic E-state index is 0.351. The van der Waals surface area contributed by atoms with Gasteiger partial charge in [0.05, 0.1) is 17.3 Å². The number of aromatic nitrogens is 3. The van der Waals surface area contributed by atoms with E-state index in [1.54, 1.807) is 37.7 Å². The third-order valence-corrected chi connectivity index (χ3v) is 4.78. The zero-order valence-electron chi connectivity index (χ0n) is 15.8. The van der Waals surface area contributed by atoms with Crippen LogP contribution < -0.4 is 16.0 Å². The van der Waals surface area contributed by atoms with Gasteiger partial charge in [0.15, 0.2) is 0 Å². The molecule has 7 nitrogen and oxygen atoms in total. The minimum atomic E-state index is -0.437. The summed E-state index contributed by atoms with van der Waals surface area (Å²) in [6, 6.07) is 9.09. The molecular formula is C21H19N3O4. The molecule has 0 spiro atoms. The highest BCUT2D eigenvalue weighted by Gasteiger charge is 2.16. The third kappa shape index (κ3) is 2.90. The predicted octanol–water partition coefficient (Wildman–Crippen LogP) is 3.54. The fraction of sp³-hybridized carbons (Fsp3) is 0.190. The van der Waals surface area contributed by atoms with Gasteiger partial charge in [-0.05, 0) is 49.2 Å². The summed E-state index contributed by atoms with van der Waals surface area (Å²) in [5.74, 6) is 1.06. The van der Waals surface area contributed by atoms with Crippen LogP contribution >= 0.6 is 0 Å². The highest BCUT2D eigenvalue weighted by Crippen LogP contribution is 2.32. The molecule has 3 aromatic heterocycles. The summed E-state index contributed by atoms with van der Waals surface area (Å²) < 4.78 is 12.8. The molecule has 1 aromatic carbocycles. The Balaban J connectivity index is 1.79. The van der Waals surface area contributed by atoms with E-state index in [0.717, 1.165) is 16.5 Å². The van der Waals surface area contributed by atoms with Crippen molar-refractivity contribution < 1.29 is 9.15 Å². The second-order valence-electron chi connectivity index (χ2n) is 6.53. The second kappa shape index (κ2) is 6.84. The number of nitrogens with zero attached hydrogens (tertiary/aromatic N) is 2. The van der Waals surface area contributed by atoms with E-state index in [9.17, 15) is 9.59 Å². The van der Waals surface area contributed by atoms with Crippen LogP contribution in [0.2, 0.25) is 0 Å². The number of H-pyrrole nitrogens is 1. The summed E-state index contributed by atoms with van der Waals surface area (Å²) in [5.41, 5.74) is 2.80. The molecule has 0 fully saturated rings. The molecule has 1 N–H and O–H groups in total. The summed E-state index contributed by atoms with van der Waals surface area (Å²) in [6.45, 7) is 3.81. The molecule has 0 saturated carbocycles. The predicted molar refractivity (Wildman–Crippen MR) is 106 cm³/mol. The Labute approximate surface area is 160 Å². The van der Waals surface area contributed by atoms with Crippen LogP contribution in [0, 0.1) is 6.92 Å². The van der Waals surface area contributed by atoms with Gasteiger partial charge in [-0.2, -0.15) is 0 Å². The average Bonchev–Trinajstić information content (AvgIpc) is 3.15. The molecule has 0 amide bonds. The monoisotopic (exact) mass is 377 g/mol. The van der Waals surface area contributed by atoms with Crippen molar-refractivity contribution in [2.45, 2.75) is 20.3 Å². The van der Waals surface area contributed by atoms with Gasteiger partial charge in [0.1, 0.15) is 11.3 Å². The number of pyridine rings is 1. The molecule has 4 aromatic rings. The van der Waals surface area contributed by atoms with E-state index < -0.39 is 5.69 Å². The molecule has 0 atom stereocenters. The van der Waals surface area contributed by atoms with Gasteiger partial charge in [-0.25, -0.2) is 9.78 Å². The fourth-order valence-corrected chi connectivity index (χ4v) is 3.37. The summed E-state index contributed by atoms with van der Waals surface area (Å²) in [4.78, 5) is 30.9. The van der Waals surface area contributed by atoms with Gasteiger partial charge in [-0.1, -0.05) is 6.92 Å². The van der Waals surface area contributed by atoms with Crippen LogP contribution in [0.3, 0.4) is 0 Å². The lowest BCUT2D eigenvalue weighted by atomic mass is 10.00. The topological polar surface area (TPSA) is 90.1 Å². The average molecular weight is 377 g/mol. The number of furan rings is 1. The van der Waals surface area contributed by atoms with E-state index in [0.29, 0.717) is 34.9 Å². The number of fused-ring (bicyclic) bond motifs is 1. The summed E-state index contributed by atoms with van der Waals surface area (Å²) in [7, 11) is 1.65. The first-order valence-corrected chi connectivity index (χ1v) is 8.93. The van der Waals surface area contributed by atoms with Crippen LogP contribution in [0.1, 0.15) is 18.1 Å². The Morgan fingerprint density at radius 3 is 2.79 bits per heavy atom. The Kier molecular flexibility index (Phi) is 4.35. The highest BCUT2D eigenvalue weighted by molar-refractivity contribution is 5.82. The van der Waals surface area contributed by atoms with Crippen LogP contribution in [0.4, 0.5) is 0 Å². The van der Waals surface area contributed by atoms with Crippen molar-refractivity contribution in [1.82, 2.24) is 14.5 Å². The molecule has 4 rings (SSSR count). The molecule has 7 heteroatoms. The molecule has 0 radical (unpaired) electrons. The van der Waals surface area contributed by atoms with E-state index >= 15 is 0 Å². The van der Waals surface area contributed by atoms with E-state index in [2.05, 4.69) is 9.97 Å². The molecule has 28 heavy (non-hydrogen) atoms. The molecule has 142 valence electrons. The van der Waals surface area contributed by atoms with Gasteiger partial charge in [0.2, 0.25) is 5.88 Å². The Morgan fingerprint density at radius 1 is 1.21 bits per heavy atom. The van der Waals surface area contributed by atoms with Gasteiger partial charge in [0, 0.05) is 24.4 Å².